The van der Waals surface area contributed by atoms with Gasteiger partial charge >= 0.3 is 0 Å². The molecule has 0 bridgehead atoms. The van der Waals surface area contributed by atoms with Gasteiger partial charge in [0.2, 0.25) is 0 Å². The van der Waals surface area contributed by atoms with E-state index in [4.69, 9.17) is 15.2 Å². The van der Waals surface area contributed by atoms with Gasteiger partial charge in [-0.2, -0.15) is 0 Å². The molecule has 17 heavy (non-hydrogen) atoms. The SMILES string of the molecule is CCOC1CCCN(CC(N)CCCOC)C1. The van der Waals surface area contributed by atoms with E-state index in [9.17, 15) is 0 Å². The van der Waals surface area contributed by atoms with Gasteiger partial charge in [0.25, 0.3) is 0 Å². The van der Waals surface area contributed by atoms with Crippen molar-refractivity contribution in [3.63, 3.8) is 0 Å². The lowest BCUT2D eigenvalue weighted by molar-refractivity contribution is 0.00419. The van der Waals surface area contributed by atoms with Crippen LogP contribution in [0.3, 0.4) is 0 Å². The highest BCUT2D eigenvalue weighted by Crippen LogP contribution is 2.13. The first-order valence-electron chi connectivity index (χ1n) is 6.84. The Kier molecular flexibility index (Phi) is 7.77. The minimum Gasteiger partial charge on any atom is -0.385 e. The van der Waals surface area contributed by atoms with Crippen molar-refractivity contribution in [2.24, 2.45) is 5.73 Å². The summed E-state index contributed by atoms with van der Waals surface area (Å²) in [6, 6.07) is 0.269. The summed E-state index contributed by atoms with van der Waals surface area (Å²) in [4.78, 5) is 2.45. The summed E-state index contributed by atoms with van der Waals surface area (Å²) in [6.45, 7) is 6.91. The lowest BCUT2D eigenvalue weighted by Gasteiger charge is -2.34. The fourth-order valence-corrected chi connectivity index (χ4v) is 2.46. The van der Waals surface area contributed by atoms with Crippen molar-refractivity contribution in [1.29, 1.82) is 0 Å². The van der Waals surface area contributed by atoms with Crippen molar-refractivity contribution in [2.45, 2.75) is 44.8 Å². The first kappa shape index (κ1) is 14.9. The van der Waals surface area contributed by atoms with E-state index in [0.717, 1.165) is 39.1 Å². The molecular formula is C13H28N2O2. The Bertz CT molecular complexity index is 188. The standard InChI is InChI=1S/C13H28N2O2/c1-3-17-13-7-4-8-15(11-13)10-12(14)6-5-9-16-2/h12-13H,3-11,14H2,1-2H3. The Hall–Kier alpha value is -0.160. The van der Waals surface area contributed by atoms with Crippen LogP contribution >= 0.6 is 0 Å². The third-order valence-electron chi connectivity index (χ3n) is 3.28. The number of hydrogen-bond acceptors (Lipinski definition) is 4. The third-order valence-corrected chi connectivity index (χ3v) is 3.28. The van der Waals surface area contributed by atoms with Crippen LogP contribution in [0.25, 0.3) is 0 Å². The molecule has 0 aromatic heterocycles. The van der Waals surface area contributed by atoms with E-state index in [1.807, 2.05) is 0 Å². The molecule has 0 aliphatic carbocycles. The highest BCUT2D eigenvalue weighted by atomic mass is 16.5. The summed E-state index contributed by atoms with van der Waals surface area (Å²) in [5.41, 5.74) is 6.13. The van der Waals surface area contributed by atoms with Gasteiger partial charge in [-0.1, -0.05) is 0 Å². The van der Waals surface area contributed by atoms with Gasteiger partial charge in [-0.25, -0.2) is 0 Å². The van der Waals surface area contributed by atoms with Gasteiger partial charge in [0, 0.05) is 39.5 Å². The van der Waals surface area contributed by atoms with E-state index in [-0.39, 0.29) is 6.04 Å². The van der Waals surface area contributed by atoms with Gasteiger partial charge in [0.05, 0.1) is 6.10 Å². The van der Waals surface area contributed by atoms with Crippen LogP contribution in [0.5, 0.6) is 0 Å². The van der Waals surface area contributed by atoms with E-state index < -0.39 is 0 Å². The summed E-state index contributed by atoms with van der Waals surface area (Å²) < 4.78 is 10.7. The van der Waals surface area contributed by atoms with Crippen LogP contribution in [-0.4, -0.2) is 57.0 Å². The van der Waals surface area contributed by atoms with Gasteiger partial charge in [-0.15, -0.1) is 0 Å². The van der Waals surface area contributed by atoms with Crippen LogP contribution in [0.2, 0.25) is 0 Å². The van der Waals surface area contributed by atoms with Crippen LogP contribution in [0.1, 0.15) is 32.6 Å². The summed E-state index contributed by atoms with van der Waals surface area (Å²) in [6.07, 6.45) is 4.95. The molecule has 4 nitrogen and oxygen atoms in total. The number of rotatable bonds is 8. The Morgan fingerprint density at radius 3 is 3.00 bits per heavy atom. The van der Waals surface area contributed by atoms with Crippen molar-refractivity contribution in [3.8, 4) is 0 Å². The summed E-state index contributed by atoms with van der Waals surface area (Å²) in [5.74, 6) is 0. The second-order valence-electron chi connectivity index (χ2n) is 4.87. The van der Waals surface area contributed by atoms with Crippen LogP contribution in [-0.2, 0) is 9.47 Å². The topological polar surface area (TPSA) is 47.7 Å². The molecule has 0 amide bonds. The van der Waals surface area contributed by atoms with Gasteiger partial charge in [-0.05, 0) is 39.2 Å². The molecule has 1 saturated heterocycles. The number of ether oxygens (including phenoxy) is 2. The normalized spacial score (nSPS) is 23.8. The maximum absolute atomic E-state index is 6.13. The molecule has 0 aromatic carbocycles. The molecule has 0 aromatic rings. The number of piperidine rings is 1. The average Bonchev–Trinajstić information content (AvgIpc) is 2.30. The van der Waals surface area contributed by atoms with E-state index in [1.54, 1.807) is 7.11 Å². The van der Waals surface area contributed by atoms with E-state index in [2.05, 4.69) is 11.8 Å². The maximum atomic E-state index is 6.13. The monoisotopic (exact) mass is 244 g/mol. The zero-order valence-electron chi connectivity index (χ0n) is 11.4. The third kappa shape index (κ3) is 6.36. The van der Waals surface area contributed by atoms with E-state index >= 15 is 0 Å². The number of likely N-dealkylation sites (tertiary alicyclic amines) is 1. The van der Waals surface area contributed by atoms with Crippen molar-refractivity contribution in [3.05, 3.63) is 0 Å². The van der Waals surface area contributed by atoms with Crippen molar-refractivity contribution >= 4 is 0 Å². The zero-order chi connectivity index (χ0) is 12.5. The van der Waals surface area contributed by atoms with Gasteiger partial charge < -0.3 is 15.2 Å². The largest absolute Gasteiger partial charge is 0.385 e. The molecule has 2 atom stereocenters. The molecule has 1 aliphatic heterocycles. The molecule has 1 fully saturated rings. The van der Waals surface area contributed by atoms with Gasteiger partial charge in [0.15, 0.2) is 0 Å². The second kappa shape index (κ2) is 8.86. The van der Waals surface area contributed by atoms with Crippen molar-refractivity contribution in [2.75, 3.05) is 40.0 Å². The molecule has 0 spiro atoms. The number of nitrogens with two attached hydrogens (primary N) is 1. The Balaban J connectivity index is 2.16. The quantitative estimate of drug-likeness (QED) is 0.653. The predicted molar refractivity (Wildman–Crippen MR) is 70.2 cm³/mol. The molecule has 1 rings (SSSR count). The molecule has 0 radical (unpaired) electrons. The first-order chi connectivity index (χ1) is 8.26. The molecule has 4 heteroatoms. The fourth-order valence-electron chi connectivity index (χ4n) is 2.46. The predicted octanol–water partition coefficient (Wildman–Crippen LogP) is 1.24. The molecule has 0 saturated carbocycles. The van der Waals surface area contributed by atoms with Crippen LogP contribution in [0.15, 0.2) is 0 Å². The maximum Gasteiger partial charge on any atom is 0.0702 e. The highest BCUT2D eigenvalue weighted by Gasteiger charge is 2.21. The second-order valence-corrected chi connectivity index (χ2v) is 4.87. The Labute approximate surface area is 105 Å². The minimum atomic E-state index is 0.269. The highest BCUT2D eigenvalue weighted by molar-refractivity contribution is 4.76. The Morgan fingerprint density at radius 1 is 1.47 bits per heavy atom. The molecule has 2 unspecified atom stereocenters. The summed E-state index contributed by atoms with van der Waals surface area (Å²) in [5, 5.41) is 0. The van der Waals surface area contributed by atoms with E-state index in [1.165, 1.54) is 19.4 Å². The molecular weight excluding hydrogens is 216 g/mol. The van der Waals surface area contributed by atoms with Gasteiger partial charge in [0.1, 0.15) is 0 Å². The van der Waals surface area contributed by atoms with Gasteiger partial charge in [-0.3, -0.25) is 4.90 Å². The molecule has 2 N–H and O–H groups in total. The Morgan fingerprint density at radius 2 is 2.29 bits per heavy atom. The fraction of sp³-hybridized carbons (Fsp3) is 1.00. The average molecular weight is 244 g/mol. The number of hydrogen-bond donors (Lipinski definition) is 1. The lowest BCUT2D eigenvalue weighted by atomic mass is 10.1. The summed E-state index contributed by atoms with van der Waals surface area (Å²) >= 11 is 0. The van der Waals surface area contributed by atoms with E-state index in [0.29, 0.717) is 6.10 Å². The molecule has 1 heterocycles. The minimum absolute atomic E-state index is 0.269. The van der Waals surface area contributed by atoms with Crippen molar-refractivity contribution in [1.82, 2.24) is 4.90 Å². The first-order valence-corrected chi connectivity index (χ1v) is 6.84. The zero-order valence-corrected chi connectivity index (χ0v) is 11.4. The van der Waals surface area contributed by atoms with Crippen LogP contribution in [0, 0.1) is 0 Å². The number of methoxy groups -OCH3 is 1. The van der Waals surface area contributed by atoms with Crippen LogP contribution < -0.4 is 5.73 Å². The van der Waals surface area contributed by atoms with Crippen LogP contribution in [0.4, 0.5) is 0 Å². The smallest absolute Gasteiger partial charge is 0.0702 e. The number of nitrogens with zero attached hydrogens (tertiary/aromatic N) is 1. The van der Waals surface area contributed by atoms with Crippen molar-refractivity contribution < 1.29 is 9.47 Å². The lowest BCUT2D eigenvalue weighted by Crippen LogP contribution is -2.45. The molecule has 1 aliphatic rings. The molecule has 102 valence electrons. The summed E-state index contributed by atoms with van der Waals surface area (Å²) in [7, 11) is 1.74.